The first-order chi connectivity index (χ1) is 13.5. The summed E-state index contributed by atoms with van der Waals surface area (Å²) in [6.07, 6.45) is 1.85. The number of nitrogens with zero attached hydrogens (tertiary/aromatic N) is 2. The Morgan fingerprint density at radius 2 is 1.96 bits per heavy atom. The minimum atomic E-state index is -0.543. The molecule has 1 unspecified atom stereocenters. The molecule has 142 valence electrons. The number of carbonyl (C=O) groups is 3. The van der Waals surface area contributed by atoms with E-state index in [1.807, 2.05) is 47.8 Å². The third kappa shape index (κ3) is 3.73. The number of nitrogens with one attached hydrogen (secondary N) is 1. The molecule has 2 aromatic rings. The number of hydrogen-bond acceptors (Lipinski definition) is 6. The molecule has 2 saturated heterocycles. The van der Waals surface area contributed by atoms with Crippen LogP contribution in [0.15, 0.2) is 52.7 Å². The zero-order valence-corrected chi connectivity index (χ0v) is 17.0. The fourth-order valence-corrected chi connectivity index (χ4v) is 4.91. The van der Waals surface area contributed by atoms with E-state index in [0.717, 1.165) is 27.3 Å². The van der Waals surface area contributed by atoms with E-state index in [9.17, 15) is 14.4 Å². The molecule has 28 heavy (non-hydrogen) atoms. The van der Waals surface area contributed by atoms with Crippen molar-refractivity contribution in [3.05, 3.63) is 57.6 Å². The highest BCUT2D eigenvalue weighted by molar-refractivity contribution is 8.26. The maximum Gasteiger partial charge on any atom is 0.285 e. The van der Waals surface area contributed by atoms with Gasteiger partial charge < -0.3 is 4.90 Å². The number of para-hydroxylation sites is 1. The third-order valence-electron chi connectivity index (χ3n) is 4.40. The van der Waals surface area contributed by atoms with E-state index in [-0.39, 0.29) is 35.0 Å². The molecule has 1 aromatic heterocycles. The first-order valence-corrected chi connectivity index (χ1v) is 10.6. The largest absolute Gasteiger partial charge is 0.312 e. The van der Waals surface area contributed by atoms with Gasteiger partial charge >= 0.3 is 0 Å². The Morgan fingerprint density at radius 1 is 1.18 bits per heavy atom. The Labute approximate surface area is 175 Å². The Morgan fingerprint density at radius 3 is 2.68 bits per heavy atom. The van der Waals surface area contributed by atoms with Crippen LogP contribution in [0, 0.1) is 5.92 Å². The summed E-state index contributed by atoms with van der Waals surface area (Å²) in [6, 6.07) is 13.0. The average molecular weight is 430 g/mol. The van der Waals surface area contributed by atoms with Gasteiger partial charge in [-0.25, -0.2) is 0 Å². The van der Waals surface area contributed by atoms with Gasteiger partial charge in [-0.2, -0.15) is 5.01 Å². The maximum atomic E-state index is 12.7. The Kier molecular flexibility index (Phi) is 5.29. The highest BCUT2D eigenvalue weighted by Gasteiger charge is 2.39. The van der Waals surface area contributed by atoms with E-state index in [1.165, 1.54) is 11.3 Å². The van der Waals surface area contributed by atoms with Crippen molar-refractivity contribution in [3.63, 3.8) is 0 Å². The number of thiophene rings is 1. The molecule has 3 amide bonds. The van der Waals surface area contributed by atoms with Crippen LogP contribution >= 0.6 is 35.3 Å². The van der Waals surface area contributed by atoms with Gasteiger partial charge in [0.25, 0.3) is 5.91 Å². The predicted molar refractivity (Wildman–Crippen MR) is 114 cm³/mol. The monoisotopic (exact) mass is 429 g/mol. The number of thiocarbonyl (C=S) groups is 1. The van der Waals surface area contributed by atoms with E-state index in [2.05, 4.69) is 5.43 Å². The fourth-order valence-electron chi connectivity index (χ4n) is 3.01. The lowest BCUT2D eigenvalue weighted by Crippen LogP contribution is -2.47. The molecule has 2 aliphatic rings. The number of thioether (sulfide) groups is 1. The summed E-state index contributed by atoms with van der Waals surface area (Å²) in [5.41, 5.74) is 3.35. The summed E-state index contributed by atoms with van der Waals surface area (Å²) in [6.45, 7) is 0.272. The average Bonchev–Trinajstić information content (AvgIpc) is 3.40. The van der Waals surface area contributed by atoms with Crippen LogP contribution in [-0.2, 0) is 14.4 Å². The molecule has 0 bridgehead atoms. The molecule has 1 atom stereocenters. The molecule has 4 rings (SSSR count). The lowest BCUT2D eigenvalue weighted by molar-refractivity contribution is -0.135. The third-order valence-corrected chi connectivity index (χ3v) is 6.52. The first-order valence-electron chi connectivity index (χ1n) is 8.50. The summed E-state index contributed by atoms with van der Waals surface area (Å²) in [4.78, 5) is 40.6. The molecule has 3 heterocycles. The van der Waals surface area contributed by atoms with Crippen molar-refractivity contribution in [2.75, 3.05) is 11.4 Å². The van der Waals surface area contributed by atoms with E-state index in [1.54, 1.807) is 11.0 Å². The molecule has 6 nitrogen and oxygen atoms in total. The zero-order chi connectivity index (χ0) is 19.7. The van der Waals surface area contributed by atoms with Crippen molar-refractivity contribution >= 4 is 69.1 Å². The van der Waals surface area contributed by atoms with E-state index in [4.69, 9.17) is 12.2 Å². The molecule has 9 heteroatoms. The molecule has 2 fully saturated rings. The normalized spacial score (nSPS) is 21.1. The lowest BCUT2D eigenvalue weighted by atomic mass is 10.1. The number of rotatable bonds is 4. The van der Waals surface area contributed by atoms with Crippen LogP contribution in [0.1, 0.15) is 11.3 Å². The first kappa shape index (κ1) is 18.9. The van der Waals surface area contributed by atoms with Crippen molar-refractivity contribution in [1.29, 1.82) is 0 Å². The van der Waals surface area contributed by atoms with Crippen LogP contribution in [0.25, 0.3) is 6.08 Å². The van der Waals surface area contributed by atoms with Gasteiger partial charge in [-0.3, -0.25) is 19.8 Å². The Hall–Kier alpha value is -2.49. The van der Waals surface area contributed by atoms with Crippen LogP contribution in [0.2, 0.25) is 0 Å². The molecule has 0 aliphatic carbocycles. The molecular formula is C19H15N3O3S3. The molecule has 2 aliphatic heterocycles. The predicted octanol–water partition coefficient (Wildman–Crippen LogP) is 3.03. The second kappa shape index (κ2) is 7.86. The summed E-state index contributed by atoms with van der Waals surface area (Å²) in [5, 5.41) is 3.02. The van der Waals surface area contributed by atoms with Crippen LogP contribution in [0.5, 0.6) is 0 Å². The van der Waals surface area contributed by atoms with Gasteiger partial charge in [0.15, 0.2) is 4.32 Å². The standard InChI is InChI=1S/C19H15N3O3S3/c23-16-9-12(11-21(16)13-5-2-1-3-6-13)17(24)20-22-18(25)15(28-19(22)26)10-14-7-4-8-27-14/h1-8,10,12H,9,11H2,(H,20,24)/b15-10-. The number of hydrogen-bond donors (Lipinski definition) is 1. The van der Waals surface area contributed by atoms with E-state index >= 15 is 0 Å². The molecular weight excluding hydrogens is 414 g/mol. The minimum Gasteiger partial charge on any atom is -0.312 e. The zero-order valence-electron chi connectivity index (χ0n) is 14.5. The quantitative estimate of drug-likeness (QED) is 0.598. The van der Waals surface area contributed by atoms with Gasteiger partial charge in [0.1, 0.15) is 0 Å². The van der Waals surface area contributed by atoms with Gasteiger partial charge in [-0.15, -0.1) is 11.3 Å². The summed E-state index contributed by atoms with van der Waals surface area (Å²) >= 11 is 7.90. The molecule has 0 spiro atoms. The highest BCUT2D eigenvalue weighted by atomic mass is 32.2. The highest BCUT2D eigenvalue weighted by Crippen LogP contribution is 2.32. The van der Waals surface area contributed by atoms with Crippen molar-refractivity contribution in [2.24, 2.45) is 5.92 Å². The molecule has 1 N–H and O–H groups in total. The second-order valence-electron chi connectivity index (χ2n) is 6.25. The molecule has 0 saturated carbocycles. The van der Waals surface area contributed by atoms with Gasteiger partial charge in [0.2, 0.25) is 11.8 Å². The van der Waals surface area contributed by atoms with Gasteiger partial charge in [0.05, 0.1) is 10.8 Å². The van der Waals surface area contributed by atoms with Gasteiger partial charge in [0, 0.05) is 23.5 Å². The second-order valence-corrected chi connectivity index (χ2v) is 8.90. The number of benzene rings is 1. The van der Waals surface area contributed by atoms with E-state index in [0.29, 0.717) is 4.91 Å². The van der Waals surface area contributed by atoms with Crippen molar-refractivity contribution in [3.8, 4) is 0 Å². The Bertz CT molecular complexity index is 973. The number of anilines is 1. The SMILES string of the molecule is O=C(NN1C(=O)/C(=C/c2cccs2)SC1=S)C1CC(=O)N(c2ccccc2)C1. The number of hydrazine groups is 1. The van der Waals surface area contributed by atoms with Crippen LogP contribution < -0.4 is 10.3 Å². The topological polar surface area (TPSA) is 69.7 Å². The number of amides is 3. The van der Waals surface area contributed by atoms with Crippen molar-refractivity contribution < 1.29 is 14.4 Å². The summed E-state index contributed by atoms with van der Waals surface area (Å²) in [5.74, 6) is -1.41. The van der Waals surface area contributed by atoms with Gasteiger partial charge in [-0.05, 0) is 41.9 Å². The maximum absolute atomic E-state index is 12.7. The van der Waals surface area contributed by atoms with Crippen molar-refractivity contribution in [1.82, 2.24) is 10.4 Å². The summed E-state index contributed by atoms with van der Waals surface area (Å²) < 4.78 is 0.269. The molecule has 0 radical (unpaired) electrons. The smallest absolute Gasteiger partial charge is 0.285 e. The number of carbonyl (C=O) groups excluding carboxylic acids is 3. The Balaban J connectivity index is 1.43. The molecule has 1 aromatic carbocycles. The van der Waals surface area contributed by atoms with Gasteiger partial charge in [-0.1, -0.05) is 36.0 Å². The van der Waals surface area contributed by atoms with Crippen LogP contribution in [0.4, 0.5) is 5.69 Å². The van der Waals surface area contributed by atoms with Crippen molar-refractivity contribution in [2.45, 2.75) is 6.42 Å². The van der Waals surface area contributed by atoms with Crippen LogP contribution in [-0.4, -0.2) is 33.6 Å². The lowest BCUT2D eigenvalue weighted by Gasteiger charge is -2.19. The minimum absolute atomic E-state index is 0.0978. The summed E-state index contributed by atoms with van der Waals surface area (Å²) in [7, 11) is 0. The van der Waals surface area contributed by atoms with E-state index < -0.39 is 5.92 Å². The fraction of sp³-hybridized carbons (Fsp3) is 0.158. The van der Waals surface area contributed by atoms with Crippen LogP contribution in [0.3, 0.4) is 0 Å².